The van der Waals surface area contributed by atoms with E-state index < -0.39 is 23.2 Å². The Hall–Kier alpha value is -4.73. The second-order valence-corrected chi connectivity index (χ2v) is 8.27. The molecule has 10 heteroatoms. The lowest BCUT2D eigenvalue weighted by molar-refractivity contribution is -0.115. The molecule has 5 aromatic rings. The number of anilines is 1. The van der Waals surface area contributed by atoms with Gasteiger partial charge in [0.1, 0.15) is 22.9 Å². The summed E-state index contributed by atoms with van der Waals surface area (Å²) in [6.45, 7) is -0.290. The number of halogens is 2. The van der Waals surface area contributed by atoms with Gasteiger partial charge in [0.2, 0.25) is 5.91 Å². The maximum absolute atomic E-state index is 15.0. The number of carboxylic acids is 1. The van der Waals surface area contributed by atoms with Gasteiger partial charge in [0, 0.05) is 23.0 Å². The Kier molecular flexibility index (Phi) is 4.40. The first kappa shape index (κ1) is 20.8. The topological polar surface area (TPSA) is 117 Å². The van der Waals surface area contributed by atoms with Crippen molar-refractivity contribution >= 4 is 39.4 Å². The zero-order valence-corrected chi connectivity index (χ0v) is 17.8. The smallest absolute Gasteiger partial charge is 0.353 e. The van der Waals surface area contributed by atoms with Crippen LogP contribution in [0.2, 0.25) is 0 Å². The van der Waals surface area contributed by atoms with Crippen molar-refractivity contribution in [3.63, 3.8) is 0 Å². The average molecular weight is 475 g/mol. The predicted molar refractivity (Wildman–Crippen MR) is 123 cm³/mol. The molecule has 2 aromatic carbocycles. The zero-order valence-electron chi connectivity index (χ0n) is 17.8. The molecule has 0 spiro atoms. The molecule has 3 N–H and O–H groups in total. The van der Waals surface area contributed by atoms with Crippen LogP contribution in [0.1, 0.15) is 21.6 Å². The highest BCUT2D eigenvalue weighted by Gasteiger charge is 2.29. The number of carboxylic acid groups (broad SMARTS) is 1. The Balaban J connectivity index is 1.70. The van der Waals surface area contributed by atoms with Crippen molar-refractivity contribution < 1.29 is 27.9 Å². The molecule has 0 fully saturated rings. The van der Waals surface area contributed by atoms with E-state index in [-0.39, 0.29) is 63.1 Å². The lowest BCUT2D eigenvalue weighted by Crippen LogP contribution is -2.14. The molecule has 6 rings (SSSR count). The number of rotatable bonds is 4. The van der Waals surface area contributed by atoms with Crippen LogP contribution in [0.15, 0.2) is 58.1 Å². The minimum atomic E-state index is -1.39. The van der Waals surface area contributed by atoms with Gasteiger partial charge in [-0.3, -0.25) is 9.59 Å². The Labute approximate surface area is 194 Å². The largest absolute Gasteiger partial charge is 0.477 e. The number of amides is 1. The van der Waals surface area contributed by atoms with Crippen LogP contribution in [0.3, 0.4) is 0 Å². The number of fused-ring (bicyclic) bond motifs is 4. The first-order chi connectivity index (χ1) is 16.8. The quantitative estimate of drug-likeness (QED) is 0.359. The normalized spacial score (nSPS) is 12.9. The standard InChI is InChI=1S/C25H15F2N3O5/c26-15-8-17-11(7-19(31)29-17)6-12(15)10-30-18-9-16(27)13-3-5-35-23(13)21(18)20(22(30)25(33)34)14-2-1-4-28-24(14)32/h1-6,8-9H,7,10H2,(H,28,32)(H,29,31)(H,33,34). The summed E-state index contributed by atoms with van der Waals surface area (Å²) in [4.78, 5) is 39.5. The summed E-state index contributed by atoms with van der Waals surface area (Å²) in [6.07, 6.45) is 2.74. The number of aromatic amines is 1. The van der Waals surface area contributed by atoms with Crippen LogP contribution in [0.4, 0.5) is 14.5 Å². The second kappa shape index (κ2) is 7.39. The molecule has 1 aliphatic rings. The minimum Gasteiger partial charge on any atom is -0.477 e. The Morgan fingerprint density at radius 1 is 1.14 bits per heavy atom. The number of benzene rings is 2. The summed E-state index contributed by atoms with van der Waals surface area (Å²) >= 11 is 0. The van der Waals surface area contributed by atoms with Crippen LogP contribution in [0, 0.1) is 11.6 Å². The Morgan fingerprint density at radius 3 is 2.74 bits per heavy atom. The molecular weight excluding hydrogens is 460 g/mol. The molecular formula is C25H15F2N3O5. The van der Waals surface area contributed by atoms with E-state index in [9.17, 15) is 23.9 Å². The summed E-state index contributed by atoms with van der Waals surface area (Å²) in [6, 6.07) is 8.21. The van der Waals surface area contributed by atoms with E-state index in [0.29, 0.717) is 11.3 Å². The number of carbonyl (C=O) groups excluding carboxylic acids is 1. The average Bonchev–Trinajstić information content (AvgIpc) is 3.50. The number of nitrogens with zero attached hydrogens (tertiary/aromatic N) is 1. The third-order valence-electron chi connectivity index (χ3n) is 6.23. The first-order valence-electron chi connectivity index (χ1n) is 10.6. The van der Waals surface area contributed by atoms with Crippen LogP contribution >= 0.6 is 0 Å². The van der Waals surface area contributed by atoms with Gasteiger partial charge in [0.05, 0.1) is 41.1 Å². The van der Waals surface area contributed by atoms with E-state index in [1.165, 1.54) is 41.3 Å². The molecule has 3 aromatic heterocycles. The van der Waals surface area contributed by atoms with E-state index in [1.807, 2.05) is 0 Å². The summed E-state index contributed by atoms with van der Waals surface area (Å²) in [7, 11) is 0. The van der Waals surface area contributed by atoms with Gasteiger partial charge in [-0.05, 0) is 42.0 Å². The summed E-state index contributed by atoms with van der Waals surface area (Å²) < 4.78 is 36.8. The minimum absolute atomic E-state index is 0.0349. The van der Waals surface area contributed by atoms with Crippen molar-refractivity contribution in [2.24, 2.45) is 0 Å². The monoisotopic (exact) mass is 475 g/mol. The number of furan rings is 1. The maximum Gasteiger partial charge on any atom is 0.353 e. The molecule has 0 saturated carbocycles. The molecule has 0 saturated heterocycles. The van der Waals surface area contributed by atoms with Gasteiger partial charge in [0.25, 0.3) is 5.56 Å². The van der Waals surface area contributed by atoms with Gasteiger partial charge in [-0.25, -0.2) is 13.6 Å². The van der Waals surface area contributed by atoms with E-state index in [1.54, 1.807) is 6.07 Å². The van der Waals surface area contributed by atoms with Crippen LogP contribution in [-0.4, -0.2) is 26.5 Å². The summed E-state index contributed by atoms with van der Waals surface area (Å²) in [5.74, 6) is -2.99. The summed E-state index contributed by atoms with van der Waals surface area (Å²) in [5, 5.41) is 13.1. The first-order valence-corrected chi connectivity index (χ1v) is 10.6. The number of pyridine rings is 1. The highest BCUT2D eigenvalue weighted by atomic mass is 19.1. The lowest BCUT2D eigenvalue weighted by atomic mass is 10.0. The Bertz CT molecular complexity index is 1780. The maximum atomic E-state index is 15.0. The molecule has 0 unspecified atom stereocenters. The van der Waals surface area contributed by atoms with Crippen LogP contribution in [0.5, 0.6) is 0 Å². The van der Waals surface area contributed by atoms with E-state index in [4.69, 9.17) is 4.42 Å². The molecule has 0 radical (unpaired) electrons. The van der Waals surface area contributed by atoms with Gasteiger partial charge in [-0.1, -0.05) is 0 Å². The van der Waals surface area contributed by atoms with E-state index in [0.717, 1.165) is 6.07 Å². The van der Waals surface area contributed by atoms with Crippen molar-refractivity contribution in [3.05, 3.63) is 87.7 Å². The fourth-order valence-corrected chi connectivity index (χ4v) is 4.76. The second-order valence-electron chi connectivity index (χ2n) is 8.27. The van der Waals surface area contributed by atoms with Crippen LogP contribution < -0.4 is 10.9 Å². The van der Waals surface area contributed by atoms with Crippen molar-refractivity contribution in [3.8, 4) is 11.1 Å². The van der Waals surface area contributed by atoms with E-state index in [2.05, 4.69) is 10.3 Å². The van der Waals surface area contributed by atoms with Gasteiger partial charge in [0.15, 0.2) is 0 Å². The lowest BCUT2D eigenvalue weighted by Gasteiger charge is -2.12. The fourth-order valence-electron chi connectivity index (χ4n) is 4.76. The van der Waals surface area contributed by atoms with Crippen molar-refractivity contribution in [1.82, 2.24) is 9.55 Å². The summed E-state index contributed by atoms with van der Waals surface area (Å²) in [5.41, 5.74) is 0.424. The molecule has 35 heavy (non-hydrogen) atoms. The van der Waals surface area contributed by atoms with Crippen molar-refractivity contribution in [1.29, 1.82) is 0 Å². The predicted octanol–water partition coefficient (Wildman–Crippen LogP) is 4.26. The third-order valence-corrected chi connectivity index (χ3v) is 6.23. The molecule has 174 valence electrons. The van der Waals surface area contributed by atoms with Gasteiger partial charge in [-0.15, -0.1) is 0 Å². The molecule has 4 heterocycles. The van der Waals surface area contributed by atoms with Crippen molar-refractivity contribution in [2.75, 3.05) is 5.32 Å². The SMILES string of the molecule is O=C1Cc2cc(Cn3c(C(=O)O)c(-c4ccc[nH]c4=O)c4c5occc5c(F)cc43)c(F)cc2N1. The molecule has 0 bridgehead atoms. The van der Waals surface area contributed by atoms with Gasteiger partial charge in [-0.2, -0.15) is 0 Å². The molecule has 0 atom stereocenters. The molecule has 0 aliphatic carbocycles. The van der Waals surface area contributed by atoms with Gasteiger partial charge < -0.3 is 24.4 Å². The fraction of sp³-hybridized carbons (Fsp3) is 0.0800. The van der Waals surface area contributed by atoms with Crippen molar-refractivity contribution in [2.45, 2.75) is 13.0 Å². The number of aromatic carboxylic acids is 1. The van der Waals surface area contributed by atoms with Crippen LogP contribution in [0.25, 0.3) is 33.0 Å². The van der Waals surface area contributed by atoms with Gasteiger partial charge >= 0.3 is 5.97 Å². The number of hydrogen-bond acceptors (Lipinski definition) is 4. The van der Waals surface area contributed by atoms with E-state index >= 15 is 4.39 Å². The third kappa shape index (κ3) is 3.07. The number of carbonyl (C=O) groups is 2. The zero-order chi connectivity index (χ0) is 24.4. The molecule has 1 amide bonds. The van der Waals surface area contributed by atoms with Crippen LogP contribution in [-0.2, 0) is 17.8 Å². The number of hydrogen-bond donors (Lipinski definition) is 3. The highest BCUT2D eigenvalue weighted by molar-refractivity contribution is 6.17. The Morgan fingerprint density at radius 2 is 1.97 bits per heavy atom. The number of nitrogens with one attached hydrogen (secondary N) is 2. The number of H-pyrrole nitrogens is 1. The highest BCUT2D eigenvalue weighted by Crippen LogP contribution is 2.40. The number of aromatic nitrogens is 2. The molecule has 8 nitrogen and oxygen atoms in total. The molecule has 1 aliphatic heterocycles.